The highest BCUT2D eigenvalue weighted by Crippen LogP contribution is 2.32. The number of pyridine rings is 1. The van der Waals surface area contributed by atoms with E-state index in [2.05, 4.69) is 16.2 Å². The van der Waals surface area contributed by atoms with E-state index in [9.17, 15) is 33.0 Å². The molecule has 1 aromatic carbocycles. The fourth-order valence-electron chi connectivity index (χ4n) is 5.47. The summed E-state index contributed by atoms with van der Waals surface area (Å²) in [5, 5.41) is 26.7. The number of hydrogen-bond donors (Lipinski definition) is 4. The Morgan fingerprint density at radius 1 is 1.21 bits per heavy atom. The lowest BCUT2D eigenvalue weighted by atomic mass is 9.91. The molecule has 13 heteroatoms. The number of ether oxygens (including phenoxy) is 1. The van der Waals surface area contributed by atoms with E-state index in [4.69, 9.17) is 11.2 Å². The number of amides is 2. The van der Waals surface area contributed by atoms with E-state index in [-0.39, 0.29) is 45.6 Å². The third kappa shape index (κ3) is 9.14. The molecule has 5 atom stereocenters. The normalized spacial score (nSPS) is 22.4. The highest BCUT2D eigenvalue weighted by atomic mass is 19.4. The molecule has 4 N–H and O–H groups in total. The van der Waals surface area contributed by atoms with Gasteiger partial charge in [-0.15, -0.1) is 6.42 Å². The van der Waals surface area contributed by atoms with Gasteiger partial charge in [0.25, 0.3) is 0 Å². The van der Waals surface area contributed by atoms with E-state index in [1.54, 1.807) is 52.5 Å². The van der Waals surface area contributed by atoms with E-state index in [0.29, 0.717) is 17.9 Å². The van der Waals surface area contributed by atoms with Gasteiger partial charge in [0, 0.05) is 50.1 Å². The van der Waals surface area contributed by atoms with Crippen LogP contribution in [0.3, 0.4) is 0 Å². The second kappa shape index (κ2) is 14.7. The molecule has 1 fully saturated rings. The lowest BCUT2D eigenvalue weighted by Gasteiger charge is -2.41. The number of halogens is 3. The van der Waals surface area contributed by atoms with Crippen molar-refractivity contribution in [2.45, 2.75) is 43.3 Å². The number of terminal acetylenes is 1. The molecule has 1 aromatic heterocycles. The Bertz CT molecular complexity index is 1270. The molecule has 43 heavy (non-hydrogen) atoms. The van der Waals surface area contributed by atoms with E-state index in [1.807, 2.05) is 11.4 Å². The SMILES string of the molecule is C#CCN1CCN(C[C@@H](O)C[C@@H](Cc2cccnc2)C(=O)N[C@H]2c3ccccc3OC[C@H]2O)[C@H](C(=O)NCC(F)(F)F)C1. The number of nitrogens with zero attached hydrogens (tertiary/aromatic N) is 3. The molecule has 0 radical (unpaired) electrons. The van der Waals surface area contributed by atoms with Gasteiger partial charge in [0.05, 0.1) is 18.7 Å². The molecule has 0 saturated carbocycles. The number of benzene rings is 1. The molecule has 4 rings (SSSR count). The molecular formula is C30H36F3N5O5. The maximum Gasteiger partial charge on any atom is 0.405 e. The molecule has 0 aliphatic carbocycles. The Kier molecular flexibility index (Phi) is 11.0. The summed E-state index contributed by atoms with van der Waals surface area (Å²) in [5.74, 6) is 1.07. The zero-order valence-electron chi connectivity index (χ0n) is 23.5. The van der Waals surface area contributed by atoms with Gasteiger partial charge in [-0.1, -0.05) is 30.2 Å². The van der Waals surface area contributed by atoms with Gasteiger partial charge in [-0.2, -0.15) is 13.2 Å². The van der Waals surface area contributed by atoms with Gasteiger partial charge >= 0.3 is 6.18 Å². The molecular weight excluding hydrogens is 567 g/mol. The Morgan fingerprint density at radius 3 is 2.72 bits per heavy atom. The van der Waals surface area contributed by atoms with Gasteiger partial charge in [-0.25, -0.2) is 0 Å². The molecule has 3 heterocycles. The van der Waals surface area contributed by atoms with Crippen LogP contribution in [0.1, 0.15) is 23.6 Å². The first-order chi connectivity index (χ1) is 20.5. The zero-order valence-corrected chi connectivity index (χ0v) is 23.5. The van der Waals surface area contributed by atoms with Crippen LogP contribution in [-0.4, -0.2) is 107 Å². The fraction of sp³-hybridized carbons (Fsp3) is 0.500. The van der Waals surface area contributed by atoms with Crippen molar-refractivity contribution >= 4 is 11.8 Å². The predicted octanol–water partition coefficient (Wildman–Crippen LogP) is 0.900. The standard InChI is InChI=1S/C30H36F3N5O5/c1-2-10-37-11-12-38(24(17-37)29(42)35-19-30(31,32)33)16-22(39)14-21(13-20-6-5-9-34-15-20)28(41)36-27-23-7-3-4-8-26(23)43-18-25(27)40/h1,3-9,15,21-22,24-25,27,39-40H,10-14,16-19H2,(H,35,42)(H,36,41)/t21-,22+,24+,25-,27+/m1/s1. The monoisotopic (exact) mass is 603 g/mol. The summed E-state index contributed by atoms with van der Waals surface area (Å²) in [5.41, 5.74) is 1.39. The summed E-state index contributed by atoms with van der Waals surface area (Å²) < 4.78 is 43.9. The smallest absolute Gasteiger partial charge is 0.405 e. The second-order valence-corrected chi connectivity index (χ2v) is 10.8. The highest BCUT2D eigenvalue weighted by molar-refractivity contribution is 5.82. The summed E-state index contributed by atoms with van der Waals surface area (Å²) in [6, 6.07) is 8.93. The minimum Gasteiger partial charge on any atom is -0.490 e. The number of fused-ring (bicyclic) bond motifs is 1. The summed E-state index contributed by atoms with van der Waals surface area (Å²) in [7, 11) is 0. The molecule has 0 unspecified atom stereocenters. The van der Waals surface area contributed by atoms with Gasteiger partial charge in [0.1, 0.15) is 31.0 Å². The van der Waals surface area contributed by atoms with Gasteiger partial charge in [0.2, 0.25) is 11.8 Å². The number of carbonyl (C=O) groups excluding carboxylic acids is 2. The van der Waals surface area contributed by atoms with Crippen LogP contribution in [0.5, 0.6) is 5.75 Å². The highest BCUT2D eigenvalue weighted by Gasteiger charge is 2.37. The van der Waals surface area contributed by atoms with Crippen molar-refractivity contribution in [3.63, 3.8) is 0 Å². The summed E-state index contributed by atoms with van der Waals surface area (Å²) in [6.07, 6.45) is 2.20. The Balaban J connectivity index is 1.48. The Hall–Kier alpha value is -3.70. The van der Waals surface area contributed by atoms with Crippen LogP contribution in [0.25, 0.3) is 0 Å². The Labute approximate surface area is 248 Å². The quantitative estimate of drug-likeness (QED) is 0.279. The van der Waals surface area contributed by atoms with Crippen molar-refractivity contribution in [2.75, 3.05) is 45.9 Å². The molecule has 2 aromatic rings. The molecule has 232 valence electrons. The summed E-state index contributed by atoms with van der Waals surface area (Å²) in [4.78, 5) is 34.0. The lowest BCUT2D eigenvalue weighted by Crippen LogP contribution is -2.60. The number of β-amino-alcohol motifs (C(OH)–C–C–N with tert-alkyl or cyclic N) is 1. The number of aliphatic hydroxyl groups excluding tert-OH is 2. The van der Waals surface area contributed by atoms with Crippen molar-refractivity contribution in [1.29, 1.82) is 0 Å². The number of hydrogen-bond acceptors (Lipinski definition) is 8. The molecule has 0 bridgehead atoms. The number of piperazine rings is 1. The molecule has 1 saturated heterocycles. The van der Waals surface area contributed by atoms with Gasteiger partial charge in [-0.3, -0.25) is 24.4 Å². The van der Waals surface area contributed by atoms with Crippen molar-refractivity contribution in [3.8, 4) is 18.1 Å². The van der Waals surface area contributed by atoms with Crippen LogP contribution in [0.15, 0.2) is 48.8 Å². The van der Waals surface area contributed by atoms with E-state index in [1.165, 1.54) is 0 Å². The van der Waals surface area contributed by atoms with Crippen LogP contribution < -0.4 is 15.4 Å². The molecule has 2 amide bonds. The van der Waals surface area contributed by atoms with Crippen molar-refractivity contribution in [1.82, 2.24) is 25.4 Å². The van der Waals surface area contributed by atoms with Gasteiger partial charge in [-0.05, 0) is 30.5 Å². The number of alkyl halides is 3. The molecule has 0 spiro atoms. The fourth-order valence-corrected chi connectivity index (χ4v) is 5.47. The Morgan fingerprint density at radius 2 is 2.00 bits per heavy atom. The van der Waals surface area contributed by atoms with Crippen LogP contribution in [0.2, 0.25) is 0 Å². The van der Waals surface area contributed by atoms with Crippen molar-refractivity contribution < 1.29 is 37.7 Å². The summed E-state index contributed by atoms with van der Waals surface area (Å²) >= 11 is 0. The van der Waals surface area contributed by atoms with Crippen molar-refractivity contribution in [3.05, 3.63) is 59.9 Å². The van der Waals surface area contributed by atoms with Crippen molar-refractivity contribution in [2.24, 2.45) is 5.92 Å². The lowest BCUT2D eigenvalue weighted by molar-refractivity contribution is -0.143. The maximum atomic E-state index is 13.7. The third-order valence-electron chi connectivity index (χ3n) is 7.58. The number of aromatic nitrogens is 1. The zero-order chi connectivity index (χ0) is 31.0. The van der Waals surface area contributed by atoms with Gasteiger partial charge in [0.15, 0.2) is 0 Å². The maximum absolute atomic E-state index is 13.7. The third-order valence-corrected chi connectivity index (χ3v) is 7.58. The van der Waals surface area contributed by atoms with Crippen LogP contribution in [0.4, 0.5) is 13.2 Å². The molecule has 2 aliphatic heterocycles. The first kappa shape index (κ1) is 32.2. The van der Waals surface area contributed by atoms with E-state index < -0.39 is 54.7 Å². The number of carbonyl (C=O) groups is 2. The van der Waals surface area contributed by atoms with E-state index in [0.717, 1.165) is 5.56 Å². The number of aliphatic hydroxyl groups is 2. The van der Waals surface area contributed by atoms with Gasteiger partial charge < -0.3 is 25.6 Å². The van der Waals surface area contributed by atoms with Crippen LogP contribution in [0, 0.1) is 18.3 Å². The minimum absolute atomic E-state index is 0.00129. The topological polar surface area (TPSA) is 127 Å². The first-order valence-corrected chi connectivity index (χ1v) is 14.1. The van der Waals surface area contributed by atoms with Crippen LogP contribution in [-0.2, 0) is 16.0 Å². The second-order valence-electron chi connectivity index (χ2n) is 10.8. The number of rotatable bonds is 11. The molecule has 2 aliphatic rings. The average Bonchev–Trinajstić information content (AvgIpc) is 2.98. The predicted molar refractivity (Wildman–Crippen MR) is 151 cm³/mol. The molecule has 10 nitrogen and oxygen atoms in total. The van der Waals surface area contributed by atoms with E-state index >= 15 is 0 Å². The largest absolute Gasteiger partial charge is 0.490 e. The minimum atomic E-state index is -4.57. The van der Waals surface area contributed by atoms with Crippen LogP contribution >= 0.6 is 0 Å². The summed E-state index contributed by atoms with van der Waals surface area (Å²) in [6.45, 7) is -0.444. The number of nitrogens with one attached hydrogen (secondary N) is 2. The average molecular weight is 604 g/mol. The first-order valence-electron chi connectivity index (χ1n) is 14.1. The number of para-hydroxylation sites is 1.